The molecule has 0 aromatic carbocycles. The molecule has 1 unspecified atom stereocenters. The van der Waals surface area contributed by atoms with Crippen molar-refractivity contribution in [2.75, 3.05) is 20.3 Å². The van der Waals surface area contributed by atoms with E-state index in [2.05, 4.69) is 12.2 Å². The zero-order valence-electron chi connectivity index (χ0n) is 8.23. The van der Waals surface area contributed by atoms with Crippen LogP contribution >= 0.6 is 0 Å². The maximum absolute atomic E-state index is 5.70. The molecule has 0 aromatic rings. The molecule has 3 nitrogen and oxygen atoms in total. The van der Waals surface area contributed by atoms with Gasteiger partial charge in [-0.15, -0.1) is 0 Å². The van der Waals surface area contributed by atoms with Gasteiger partial charge in [-0.1, -0.05) is 12.2 Å². The first kappa shape index (κ1) is 9.34. The van der Waals surface area contributed by atoms with Crippen molar-refractivity contribution < 1.29 is 14.2 Å². The van der Waals surface area contributed by atoms with Crippen LogP contribution < -0.4 is 0 Å². The van der Waals surface area contributed by atoms with Crippen LogP contribution in [0.3, 0.4) is 0 Å². The highest BCUT2D eigenvalue weighted by Gasteiger charge is 2.21. The Kier molecular flexibility index (Phi) is 2.89. The molecular weight excluding hydrogens is 180 g/mol. The van der Waals surface area contributed by atoms with Gasteiger partial charge in [0, 0.05) is 7.11 Å². The predicted molar refractivity (Wildman–Crippen MR) is 52.6 cm³/mol. The average molecular weight is 194 g/mol. The van der Waals surface area contributed by atoms with Gasteiger partial charge in [0.05, 0.1) is 6.61 Å². The second kappa shape index (κ2) is 4.33. The molecule has 0 saturated heterocycles. The van der Waals surface area contributed by atoms with Crippen LogP contribution in [0.5, 0.6) is 0 Å². The summed E-state index contributed by atoms with van der Waals surface area (Å²) in [5.74, 6) is 1.64. The summed E-state index contributed by atoms with van der Waals surface area (Å²) < 4.78 is 16.3. The third-order valence-corrected chi connectivity index (χ3v) is 2.12. The van der Waals surface area contributed by atoms with Crippen molar-refractivity contribution in [1.29, 1.82) is 0 Å². The van der Waals surface area contributed by atoms with Crippen LogP contribution in [0.15, 0.2) is 35.8 Å². The van der Waals surface area contributed by atoms with E-state index >= 15 is 0 Å². The molecule has 0 amide bonds. The number of allylic oxidation sites excluding steroid dienone is 4. The minimum Gasteiger partial charge on any atom is -0.486 e. The molecule has 3 heteroatoms. The SMILES string of the molecule is COCC1COC2=C(C=CCC=C2)O1. The third-order valence-electron chi connectivity index (χ3n) is 2.12. The molecule has 1 heterocycles. The van der Waals surface area contributed by atoms with Gasteiger partial charge in [0.1, 0.15) is 6.61 Å². The van der Waals surface area contributed by atoms with E-state index in [1.165, 1.54) is 0 Å². The number of hydrogen-bond acceptors (Lipinski definition) is 3. The Labute approximate surface area is 83.6 Å². The first-order valence-electron chi connectivity index (χ1n) is 4.76. The van der Waals surface area contributed by atoms with Crippen molar-refractivity contribution in [1.82, 2.24) is 0 Å². The fraction of sp³-hybridized carbons (Fsp3) is 0.455. The van der Waals surface area contributed by atoms with Crippen LogP contribution in [0.2, 0.25) is 0 Å². The van der Waals surface area contributed by atoms with Gasteiger partial charge >= 0.3 is 0 Å². The lowest BCUT2D eigenvalue weighted by Crippen LogP contribution is -2.28. The summed E-state index contributed by atoms with van der Waals surface area (Å²) in [4.78, 5) is 0. The van der Waals surface area contributed by atoms with E-state index < -0.39 is 0 Å². The van der Waals surface area contributed by atoms with Crippen LogP contribution in [0.25, 0.3) is 0 Å². The molecule has 1 aliphatic carbocycles. The molecule has 0 spiro atoms. The van der Waals surface area contributed by atoms with E-state index in [-0.39, 0.29) is 6.10 Å². The molecule has 0 fully saturated rings. The van der Waals surface area contributed by atoms with Crippen LogP contribution in [-0.4, -0.2) is 26.4 Å². The van der Waals surface area contributed by atoms with E-state index in [0.29, 0.717) is 13.2 Å². The number of hydrogen-bond donors (Lipinski definition) is 0. The smallest absolute Gasteiger partial charge is 0.161 e. The standard InChI is InChI=1S/C11H14O3/c1-12-7-9-8-13-10-5-3-2-4-6-11(10)14-9/h3-6,9H,2,7-8H2,1H3. The summed E-state index contributed by atoms with van der Waals surface area (Å²) in [5, 5.41) is 0. The zero-order chi connectivity index (χ0) is 9.80. The highest BCUT2D eigenvalue weighted by atomic mass is 16.6. The normalized spacial score (nSPS) is 25.1. The fourth-order valence-electron chi connectivity index (χ4n) is 1.47. The maximum Gasteiger partial charge on any atom is 0.161 e. The topological polar surface area (TPSA) is 27.7 Å². The molecule has 0 N–H and O–H groups in total. The molecule has 0 radical (unpaired) electrons. The van der Waals surface area contributed by atoms with E-state index in [9.17, 15) is 0 Å². The van der Waals surface area contributed by atoms with Crippen LogP contribution in [0.1, 0.15) is 6.42 Å². The Morgan fingerprint density at radius 2 is 2.14 bits per heavy atom. The lowest BCUT2D eigenvalue weighted by molar-refractivity contribution is -0.0318. The predicted octanol–water partition coefficient (Wildman–Crippen LogP) is 1.78. The molecule has 0 bridgehead atoms. The average Bonchev–Trinajstić information content (AvgIpc) is 2.42. The highest BCUT2D eigenvalue weighted by Crippen LogP contribution is 2.22. The van der Waals surface area contributed by atoms with Gasteiger partial charge in [-0.3, -0.25) is 0 Å². The van der Waals surface area contributed by atoms with Crippen LogP contribution in [-0.2, 0) is 14.2 Å². The van der Waals surface area contributed by atoms with Gasteiger partial charge in [0.25, 0.3) is 0 Å². The van der Waals surface area contributed by atoms with Crippen molar-refractivity contribution in [2.24, 2.45) is 0 Å². The molecule has 1 aliphatic heterocycles. The molecular formula is C11H14O3. The van der Waals surface area contributed by atoms with Gasteiger partial charge in [0.2, 0.25) is 0 Å². The second-order valence-corrected chi connectivity index (χ2v) is 3.28. The van der Waals surface area contributed by atoms with Gasteiger partial charge in [-0.2, -0.15) is 0 Å². The Morgan fingerprint density at radius 1 is 1.36 bits per heavy atom. The monoisotopic (exact) mass is 194 g/mol. The second-order valence-electron chi connectivity index (χ2n) is 3.28. The molecule has 0 aromatic heterocycles. The van der Waals surface area contributed by atoms with Crippen LogP contribution in [0, 0.1) is 0 Å². The lowest BCUT2D eigenvalue weighted by atomic mass is 10.3. The molecule has 1 atom stereocenters. The summed E-state index contributed by atoms with van der Waals surface area (Å²) in [6.45, 7) is 1.12. The van der Waals surface area contributed by atoms with Crippen molar-refractivity contribution in [3.8, 4) is 0 Å². The first-order valence-corrected chi connectivity index (χ1v) is 4.76. The summed E-state index contributed by atoms with van der Waals surface area (Å²) in [7, 11) is 1.66. The minimum absolute atomic E-state index is 0.00917. The Balaban J connectivity index is 2.09. The third kappa shape index (κ3) is 1.99. The molecule has 2 aliphatic rings. The van der Waals surface area contributed by atoms with E-state index in [1.54, 1.807) is 7.11 Å². The zero-order valence-corrected chi connectivity index (χ0v) is 8.23. The molecule has 2 rings (SSSR count). The maximum atomic E-state index is 5.70. The summed E-state index contributed by atoms with van der Waals surface area (Å²) in [6.07, 6.45) is 8.95. The largest absolute Gasteiger partial charge is 0.486 e. The Bertz CT molecular complexity index is 289. The fourth-order valence-corrected chi connectivity index (χ4v) is 1.47. The molecule has 0 saturated carbocycles. The summed E-state index contributed by atoms with van der Waals surface area (Å²) >= 11 is 0. The van der Waals surface area contributed by atoms with E-state index in [4.69, 9.17) is 14.2 Å². The van der Waals surface area contributed by atoms with Crippen molar-refractivity contribution >= 4 is 0 Å². The van der Waals surface area contributed by atoms with Gasteiger partial charge < -0.3 is 14.2 Å². The lowest BCUT2D eigenvalue weighted by Gasteiger charge is -2.25. The van der Waals surface area contributed by atoms with Crippen LogP contribution in [0.4, 0.5) is 0 Å². The van der Waals surface area contributed by atoms with Crippen molar-refractivity contribution in [3.63, 3.8) is 0 Å². The Morgan fingerprint density at radius 3 is 2.93 bits per heavy atom. The summed E-state index contributed by atoms with van der Waals surface area (Å²) in [5.41, 5.74) is 0. The first-order chi connectivity index (χ1) is 6.90. The van der Waals surface area contributed by atoms with Gasteiger partial charge in [0.15, 0.2) is 17.6 Å². The molecule has 14 heavy (non-hydrogen) atoms. The number of rotatable bonds is 2. The van der Waals surface area contributed by atoms with E-state index in [1.807, 2.05) is 12.2 Å². The van der Waals surface area contributed by atoms with Gasteiger partial charge in [-0.05, 0) is 18.6 Å². The van der Waals surface area contributed by atoms with Crippen molar-refractivity contribution in [2.45, 2.75) is 12.5 Å². The Hall–Kier alpha value is -1.22. The number of ether oxygens (including phenoxy) is 3. The quantitative estimate of drug-likeness (QED) is 0.670. The minimum atomic E-state index is 0.00917. The van der Waals surface area contributed by atoms with Crippen molar-refractivity contribution in [3.05, 3.63) is 35.8 Å². The molecule has 76 valence electrons. The number of methoxy groups -OCH3 is 1. The highest BCUT2D eigenvalue weighted by molar-refractivity contribution is 5.29. The van der Waals surface area contributed by atoms with Gasteiger partial charge in [-0.25, -0.2) is 0 Å². The van der Waals surface area contributed by atoms with E-state index in [0.717, 1.165) is 17.9 Å². The summed E-state index contributed by atoms with van der Waals surface area (Å²) in [6, 6.07) is 0.